The van der Waals surface area contributed by atoms with Gasteiger partial charge in [-0.25, -0.2) is 0 Å². The third kappa shape index (κ3) is 2.23. The fraction of sp³-hybridized carbons (Fsp3) is 0.353. The summed E-state index contributed by atoms with van der Waals surface area (Å²) >= 11 is 0. The lowest BCUT2D eigenvalue weighted by Crippen LogP contribution is -2.49. The Kier molecular flexibility index (Phi) is 3.33. The van der Waals surface area contributed by atoms with Crippen molar-refractivity contribution in [3.05, 3.63) is 42.5 Å². The molecule has 0 heterocycles. The average Bonchev–Trinajstić information content (AvgIpc) is 3.34. The molecule has 102 valence electrons. The van der Waals surface area contributed by atoms with Crippen molar-refractivity contribution in [2.45, 2.75) is 18.4 Å². The van der Waals surface area contributed by atoms with Gasteiger partial charge in [0.05, 0.1) is 6.07 Å². The quantitative estimate of drug-likeness (QED) is 0.904. The van der Waals surface area contributed by atoms with Crippen LogP contribution in [-0.2, 0) is 0 Å². The lowest BCUT2D eigenvalue weighted by molar-refractivity contribution is 0.213. The van der Waals surface area contributed by atoms with Gasteiger partial charge in [-0.1, -0.05) is 36.4 Å². The van der Waals surface area contributed by atoms with Crippen LogP contribution in [0.25, 0.3) is 10.8 Å². The van der Waals surface area contributed by atoms with Crippen LogP contribution in [0.1, 0.15) is 12.8 Å². The van der Waals surface area contributed by atoms with E-state index in [0.717, 1.165) is 29.4 Å². The van der Waals surface area contributed by atoms with E-state index in [1.165, 1.54) is 0 Å². The second kappa shape index (κ2) is 5.15. The first kappa shape index (κ1) is 13.0. The fourth-order valence-electron chi connectivity index (χ4n) is 2.66. The summed E-state index contributed by atoms with van der Waals surface area (Å²) in [5.74, 6) is 1.26. The Hall–Kier alpha value is -2.05. The topological polar surface area (TPSA) is 45.0 Å². The molecule has 3 rings (SSSR count). The van der Waals surface area contributed by atoms with Crippen molar-refractivity contribution < 1.29 is 4.74 Å². The first-order chi connectivity index (χ1) is 9.79. The van der Waals surface area contributed by atoms with Gasteiger partial charge in [-0.2, -0.15) is 5.26 Å². The Morgan fingerprint density at radius 2 is 2.00 bits per heavy atom. The molecule has 1 aliphatic rings. The number of rotatable bonds is 5. The van der Waals surface area contributed by atoms with E-state index in [0.29, 0.717) is 12.5 Å². The Morgan fingerprint density at radius 1 is 1.25 bits per heavy atom. The summed E-state index contributed by atoms with van der Waals surface area (Å²) in [4.78, 5) is 0. The maximum atomic E-state index is 9.49. The number of benzene rings is 2. The van der Waals surface area contributed by atoms with E-state index in [2.05, 4.69) is 29.6 Å². The van der Waals surface area contributed by atoms with Crippen molar-refractivity contribution in [3.63, 3.8) is 0 Å². The normalized spacial score (nSPS) is 17.4. The molecule has 1 aliphatic carbocycles. The van der Waals surface area contributed by atoms with Crippen LogP contribution in [0.15, 0.2) is 42.5 Å². The predicted octanol–water partition coefficient (Wildman–Crippen LogP) is 3.11. The van der Waals surface area contributed by atoms with Crippen molar-refractivity contribution in [3.8, 4) is 11.8 Å². The van der Waals surface area contributed by atoms with Crippen molar-refractivity contribution >= 4 is 10.8 Å². The zero-order valence-corrected chi connectivity index (χ0v) is 11.6. The van der Waals surface area contributed by atoms with Crippen molar-refractivity contribution in [1.29, 1.82) is 5.26 Å². The van der Waals surface area contributed by atoms with E-state index in [1.807, 2.05) is 31.3 Å². The predicted molar refractivity (Wildman–Crippen MR) is 79.6 cm³/mol. The summed E-state index contributed by atoms with van der Waals surface area (Å²) in [5.41, 5.74) is -0.559. The van der Waals surface area contributed by atoms with Gasteiger partial charge in [-0.3, -0.25) is 5.32 Å². The fourth-order valence-corrected chi connectivity index (χ4v) is 2.66. The molecule has 1 N–H and O–H groups in total. The number of ether oxygens (including phenoxy) is 1. The highest BCUT2D eigenvalue weighted by Gasteiger charge is 2.45. The van der Waals surface area contributed by atoms with E-state index >= 15 is 0 Å². The van der Waals surface area contributed by atoms with Crippen LogP contribution in [0.4, 0.5) is 0 Å². The zero-order valence-electron chi connectivity index (χ0n) is 11.6. The first-order valence-electron chi connectivity index (χ1n) is 7.00. The molecule has 2 aromatic rings. The molecule has 0 bridgehead atoms. The highest BCUT2D eigenvalue weighted by Crippen LogP contribution is 2.40. The number of nitrogens with one attached hydrogen (secondary N) is 1. The molecular formula is C17H18N2O. The first-order valence-corrected chi connectivity index (χ1v) is 7.00. The smallest absolute Gasteiger partial charge is 0.143 e. The van der Waals surface area contributed by atoms with Crippen LogP contribution < -0.4 is 10.1 Å². The average molecular weight is 266 g/mol. The van der Waals surface area contributed by atoms with Crippen LogP contribution in [0.3, 0.4) is 0 Å². The van der Waals surface area contributed by atoms with Gasteiger partial charge in [0.25, 0.3) is 0 Å². The lowest BCUT2D eigenvalue weighted by atomic mass is 9.96. The van der Waals surface area contributed by atoms with E-state index in [4.69, 9.17) is 4.74 Å². The Labute approximate surface area is 119 Å². The number of fused-ring (bicyclic) bond motifs is 1. The summed E-state index contributed by atoms with van der Waals surface area (Å²) in [6.07, 6.45) is 2.21. The van der Waals surface area contributed by atoms with Crippen LogP contribution in [0.5, 0.6) is 5.75 Å². The van der Waals surface area contributed by atoms with Gasteiger partial charge in [0.15, 0.2) is 0 Å². The standard InChI is InChI=1S/C17H18N2O/c1-19-17(11-18,14-9-10-14)12-20-16-8-4-6-13-5-2-3-7-15(13)16/h2-8,14,19H,9-10,12H2,1H3. The molecule has 3 heteroatoms. The number of hydrogen-bond donors (Lipinski definition) is 1. The van der Waals surface area contributed by atoms with E-state index in [-0.39, 0.29) is 0 Å². The minimum absolute atomic E-state index is 0.388. The summed E-state index contributed by atoms with van der Waals surface area (Å²) in [6, 6.07) is 16.6. The largest absolute Gasteiger partial charge is 0.490 e. The number of hydrogen-bond acceptors (Lipinski definition) is 3. The van der Waals surface area contributed by atoms with Gasteiger partial charge >= 0.3 is 0 Å². The van der Waals surface area contributed by atoms with Crippen LogP contribution >= 0.6 is 0 Å². The van der Waals surface area contributed by atoms with Gasteiger partial charge in [0.2, 0.25) is 0 Å². The third-order valence-corrected chi connectivity index (χ3v) is 4.12. The molecule has 0 aromatic heterocycles. The van der Waals surface area contributed by atoms with Crippen molar-refractivity contribution in [2.24, 2.45) is 5.92 Å². The second-order valence-corrected chi connectivity index (χ2v) is 5.37. The van der Waals surface area contributed by atoms with Crippen LogP contribution in [-0.4, -0.2) is 19.2 Å². The van der Waals surface area contributed by atoms with E-state index in [9.17, 15) is 5.26 Å². The van der Waals surface area contributed by atoms with Crippen LogP contribution in [0.2, 0.25) is 0 Å². The molecule has 1 unspecified atom stereocenters. The molecule has 0 radical (unpaired) electrons. The maximum absolute atomic E-state index is 9.49. The maximum Gasteiger partial charge on any atom is 0.143 e. The monoisotopic (exact) mass is 266 g/mol. The van der Waals surface area contributed by atoms with Gasteiger partial charge in [-0.05, 0) is 37.3 Å². The lowest BCUT2D eigenvalue weighted by Gasteiger charge is -2.26. The Morgan fingerprint density at radius 3 is 2.70 bits per heavy atom. The molecule has 0 spiro atoms. The van der Waals surface area contributed by atoms with Gasteiger partial charge in [-0.15, -0.1) is 0 Å². The van der Waals surface area contributed by atoms with Gasteiger partial charge in [0, 0.05) is 5.39 Å². The molecule has 1 fully saturated rings. The summed E-state index contributed by atoms with van der Waals surface area (Å²) < 4.78 is 5.98. The molecule has 0 saturated heterocycles. The minimum Gasteiger partial charge on any atom is -0.490 e. The number of nitrogens with zero attached hydrogens (tertiary/aromatic N) is 1. The number of likely N-dealkylation sites (N-methyl/N-ethyl adjacent to an activating group) is 1. The highest BCUT2D eigenvalue weighted by atomic mass is 16.5. The molecule has 2 aromatic carbocycles. The Bertz CT molecular complexity index is 652. The second-order valence-electron chi connectivity index (χ2n) is 5.37. The van der Waals surface area contributed by atoms with Crippen molar-refractivity contribution in [2.75, 3.05) is 13.7 Å². The SMILES string of the molecule is CNC(C#N)(COc1cccc2ccccc12)C1CC1. The third-order valence-electron chi connectivity index (χ3n) is 4.12. The van der Waals surface area contributed by atoms with Gasteiger partial charge < -0.3 is 4.74 Å². The molecule has 3 nitrogen and oxygen atoms in total. The van der Waals surface area contributed by atoms with E-state index in [1.54, 1.807) is 0 Å². The summed E-state index contributed by atoms with van der Waals surface area (Å²) in [7, 11) is 1.84. The summed E-state index contributed by atoms with van der Waals surface area (Å²) in [6.45, 7) is 0.388. The minimum atomic E-state index is -0.559. The zero-order chi connectivity index (χ0) is 14.0. The molecular weight excluding hydrogens is 248 g/mol. The van der Waals surface area contributed by atoms with Crippen molar-refractivity contribution in [1.82, 2.24) is 5.32 Å². The Balaban J connectivity index is 1.85. The van der Waals surface area contributed by atoms with Gasteiger partial charge in [0.1, 0.15) is 17.9 Å². The molecule has 20 heavy (non-hydrogen) atoms. The summed E-state index contributed by atoms with van der Waals surface area (Å²) in [5, 5.41) is 14.9. The molecule has 1 saturated carbocycles. The molecule has 1 atom stereocenters. The molecule has 0 amide bonds. The molecule has 0 aliphatic heterocycles. The number of nitriles is 1. The highest BCUT2D eigenvalue weighted by molar-refractivity contribution is 5.88. The van der Waals surface area contributed by atoms with E-state index < -0.39 is 5.54 Å². The van der Waals surface area contributed by atoms with Crippen LogP contribution in [0, 0.1) is 17.2 Å².